The lowest BCUT2D eigenvalue weighted by molar-refractivity contribution is -0.137. The molecule has 16 heavy (non-hydrogen) atoms. The van der Waals surface area contributed by atoms with E-state index in [2.05, 4.69) is 21.2 Å². The van der Waals surface area contributed by atoms with Crippen molar-refractivity contribution in [1.29, 1.82) is 0 Å². The van der Waals surface area contributed by atoms with Crippen LogP contribution in [0.4, 0.5) is 13.2 Å². The molecule has 1 fully saturated rings. The highest BCUT2D eigenvalue weighted by atomic mass is 79.9. The van der Waals surface area contributed by atoms with Crippen LogP contribution in [0.15, 0.2) is 22.7 Å². The van der Waals surface area contributed by atoms with Gasteiger partial charge in [-0.25, -0.2) is 0 Å². The third kappa shape index (κ3) is 2.58. The third-order valence-corrected chi connectivity index (χ3v) is 3.17. The quantitative estimate of drug-likeness (QED) is 0.828. The molecule has 0 aromatic heterocycles. The van der Waals surface area contributed by atoms with E-state index in [1.165, 1.54) is 6.07 Å². The van der Waals surface area contributed by atoms with Crippen LogP contribution in [0.25, 0.3) is 0 Å². The van der Waals surface area contributed by atoms with Gasteiger partial charge < -0.3 is 5.32 Å². The van der Waals surface area contributed by atoms with Gasteiger partial charge in [-0.15, -0.1) is 0 Å². The Hall–Kier alpha value is -0.550. The van der Waals surface area contributed by atoms with E-state index in [0.29, 0.717) is 10.0 Å². The predicted octanol–water partition coefficient (Wildman–Crippen LogP) is 3.89. The van der Waals surface area contributed by atoms with Crippen LogP contribution in [-0.2, 0) is 6.18 Å². The fourth-order valence-electron chi connectivity index (χ4n) is 1.95. The molecule has 1 N–H and O–H groups in total. The van der Waals surface area contributed by atoms with Crippen LogP contribution < -0.4 is 5.32 Å². The number of hydrogen-bond acceptors (Lipinski definition) is 1. The van der Waals surface area contributed by atoms with Crippen molar-refractivity contribution >= 4 is 15.9 Å². The standard InChI is InChI=1S/C11H11BrF3N/c12-9-5-7(10-2-1-3-16-10)4-8(6-9)11(13,14)15/h4-6,10,16H,1-3H2. The van der Waals surface area contributed by atoms with Crippen molar-refractivity contribution in [3.05, 3.63) is 33.8 Å². The molecule has 2 rings (SSSR count). The largest absolute Gasteiger partial charge is 0.416 e. The zero-order valence-electron chi connectivity index (χ0n) is 8.44. The second-order valence-corrected chi connectivity index (χ2v) is 4.84. The molecule has 0 saturated carbocycles. The van der Waals surface area contributed by atoms with E-state index in [4.69, 9.17) is 0 Å². The van der Waals surface area contributed by atoms with Gasteiger partial charge in [0.15, 0.2) is 0 Å². The first-order valence-electron chi connectivity index (χ1n) is 5.08. The maximum Gasteiger partial charge on any atom is 0.416 e. The van der Waals surface area contributed by atoms with Crippen LogP contribution in [-0.4, -0.2) is 6.54 Å². The van der Waals surface area contributed by atoms with E-state index >= 15 is 0 Å². The van der Waals surface area contributed by atoms with Crippen LogP contribution in [0.1, 0.15) is 30.0 Å². The minimum atomic E-state index is -4.28. The lowest BCUT2D eigenvalue weighted by Gasteiger charge is -2.14. The molecule has 88 valence electrons. The van der Waals surface area contributed by atoms with Gasteiger partial charge in [0, 0.05) is 10.5 Å². The summed E-state index contributed by atoms with van der Waals surface area (Å²) in [6.45, 7) is 0.874. The number of alkyl halides is 3. The third-order valence-electron chi connectivity index (χ3n) is 2.71. The number of rotatable bonds is 1. The minimum Gasteiger partial charge on any atom is -0.310 e. The fraction of sp³-hybridized carbons (Fsp3) is 0.455. The van der Waals surface area contributed by atoms with Crippen LogP contribution in [0.5, 0.6) is 0 Å². The average molecular weight is 294 g/mol. The monoisotopic (exact) mass is 293 g/mol. The molecule has 0 spiro atoms. The second kappa shape index (κ2) is 4.37. The van der Waals surface area contributed by atoms with Crippen LogP contribution in [0.2, 0.25) is 0 Å². The van der Waals surface area contributed by atoms with Crippen molar-refractivity contribution in [3.63, 3.8) is 0 Å². The molecule has 0 amide bonds. The smallest absolute Gasteiger partial charge is 0.310 e. The molecular weight excluding hydrogens is 283 g/mol. The van der Waals surface area contributed by atoms with E-state index in [-0.39, 0.29) is 6.04 Å². The van der Waals surface area contributed by atoms with E-state index in [1.807, 2.05) is 0 Å². The summed E-state index contributed by atoms with van der Waals surface area (Å²) in [4.78, 5) is 0. The number of nitrogens with one attached hydrogen (secondary N) is 1. The zero-order valence-corrected chi connectivity index (χ0v) is 10.0. The Morgan fingerprint density at radius 1 is 1.25 bits per heavy atom. The minimum absolute atomic E-state index is 0.0543. The highest BCUT2D eigenvalue weighted by Gasteiger charge is 2.32. The lowest BCUT2D eigenvalue weighted by Crippen LogP contribution is -2.14. The number of hydrogen-bond donors (Lipinski definition) is 1. The molecule has 1 nitrogen and oxygen atoms in total. The summed E-state index contributed by atoms with van der Waals surface area (Å²) >= 11 is 3.12. The van der Waals surface area contributed by atoms with Crippen LogP contribution in [0.3, 0.4) is 0 Å². The van der Waals surface area contributed by atoms with E-state index in [9.17, 15) is 13.2 Å². The van der Waals surface area contributed by atoms with E-state index in [1.54, 1.807) is 6.07 Å². The molecule has 0 radical (unpaired) electrons. The van der Waals surface area contributed by atoms with E-state index in [0.717, 1.165) is 25.5 Å². The first-order chi connectivity index (χ1) is 7.47. The Balaban J connectivity index is 2.35. The van der Waals surface area contributed by atoms with Gasteiger partial charge in [0.1, 0.15) is 0 Å². The van der Waals surface area contributed by atoms with Gasteiger partial charge in [0.25, 0.3) is 0 Å². The normalized spacial score (nSPS) is 21.4. The Kier molecular flexibility index (Phi) is 3.26. The van der Waals surface area contributed by atoms with Gasteiger partial charge in [-0.1, -0.05) is 15.9 Å². The highest BCUT2D eigenvalue weighted by Crippen LogP contribution is 2.34. The molecule has 1 atom stereocenters. The zero-order chi connectivity index (χ0) is 11.8. The molecule has 1 saturated heterocycles. The van der Waals surface area contributed by atoms with Gasteiger partial charge in [-0.2, -0.15) is 13.2 Å². The van der Waals surface area contributed by atoms with Gasteiger partial charge in [0.05, 0.1) is 5.56 Å². The van der Waals surface area contributed by atoms with Gasteiger partial charge in [-0.05, 0) is 43.1 Å². The first kappa shape index (κ1) is 11.9. The summed E-state index contributed by atoms with van der Waals surface area (Å²) in [6.07, 6.45) is -2.37. The number of halogens is 4. The first-order valence-corrected chi connectivity index (χ1v) is 5.87. The molecule has 0 bridgehead atoms. The topological polar surface area (TPSA) is 12.0 Å². The van der Waals surface area contributed by atoms with Crippen molar-refractivity contribution in [2.45, 2.75) is 25.1 Å². The average Bonchev–Trinajstić information content (AvgIpc) is 2.68. The van der Waals surface area contributed by atoms with Gasteiger partial charge >= 0.3 is 6.18 Å². The molecule has 1 unspecified atom stereocenters. The molecular formula is C11H11BrF3N. The van der Waals surface area contributed by atoms with Crippen molar-refractivity contribution in [2.24, 2.45) is 0 Å². The number of benzene rings is 1. The van der Waals surface area contributed by atoms with Crippen molar-refractivity contribution < 1.29 is 13.2 Å². The van der Waals surface area contributed by atoms with E-state index < -0.39 is 11.7 Å². The van der Waals surface area contributed by atoms with Crippen molar-refractivity contribution in [2.75, 3.05) is 6.54 Å². The fourth-order valence-corrected chi connectivity index (χ4v) is 2.46. The highest BCUT2D eigenvalue weighted by molar-refractivity contribution is 9.10. The molecule has 1 heterocycles. The van der Waals surface area contributed by atoms with Crippen LogP contribution >= 0.6 is 15.9 Å². The summed E-state index contributed by atoms with van der Waals surface area (Å²) in [5.41, 5.74) is 0.116. The maximum atomic E-state index is 12.6. The summed E-state index contributed by atoms with van der Waals surface area (Å²) in [7, 11) is 0. The molecule has 1 aliphatic rings. The Bertz CT molecular complexity index is 383. The molecule has 5 heteroatoms. The predicted molar refractivity (Wildman–Crippen MR) is 59.1 cm³/mol. The Morgan fingerprint density at radius 2 is 2.00 bits per heavy atom. The lowest BCUT2D eigenvalue weighted by atomic mass is 10.0. The summed E-state index contributed by atoms with van der Waals surface area (Å²) in [6, 6.07) is 4.14. The van der Waals surface area contributed by atoms with Crippen LogP contribution in [0, 0.1) is 0 Å². The summed E-state index contributed by atoms with van der Waals surface area (Å²) < 4.78 is 38.3. The van der Waals surface area contributed by atoms with Gasteiger partial charge in [-0.3, -0.25) is 0 Å². The Morgan fingerprint density at radius 3 is 2.56 bits per heavy atom. The molecule has 1 aromatic rings. The molecule has 1 aliphatic heterocycles. The van der Waals surface area contributed by atoms with Crippen molar-refractivity contribution in [1.82, 2.24) is 5.32 Å². The summed E-state index contributed by atoms with van der Waals surface area (Å²) in [5.74, 6) is 0. The Labute approximate surface area is 100 Å². The second-order valence-electron chi connectivity index (χ2n) is 3.92. The molecule has 1 aromatic carbocycles. The van der Waals surface area contributed by atoms with Crippen molar-refractivity contribution in [3.8, 4) is 0 Å². The SMILES string of the molecule is FC(F)(F)c1cc(Br)cc(C2CCCN2)c1. The van der Waals surface area contributed by atoms with Gasteiger partial charge in [0.2, 0.25) is 0 Å². The molecule has 0 aliphatic carbocycles. The maximum absolute atomic E-state index is 12.6. The summed E-state index contributed by atoms with van der Waals surface area (Å²) in [5, 5.41) is 3.19.